The van der Waals surface area contributed by atoms with Gasteiger partial charge in [0.25, 0.3) is 0 Å². The van der Waals surface area contributed by atoms with Gasteiger partial charge in [0.05, 0.1) is 12.2 Å². The number of fused-ring (bicyclic) bond motifs is 5. The first-order valence-corrected chi connectivity index (χ1v) is 8.33. The molecule has 110 valence electrons. The molecule has 20 heavy (non-hydrogen) atoms. The summed E-state index contributed by atoms with van der Waals surface area (Å²) in [4.78, 5) is 0. The normalized spacial score (nSPS) is 53.9. The molecule has 0 unspecified atom stereocenters. The average Bonchev–Trinajstić information content (AvgIpc) is 2.74. The Bertz CT molecular complexity index is 466. The van der Waals surface area contributed by atoms with Gasteiger partial charge in [-0.05, 0) is 61.7 Å². The maximum atomic E-state index is 10.4. The van der Waals surface area contributed by atoms with Crippen LogP contribution in [0.4, 0.5) is 0 Å². The second-order valence-electron chi connectivity index (χ2n) is 7.77. The predicted molar refractivity (Wildman–Crippen MR) is 79.0 cm³/mol. The van der Waals surface area contributed by atoms with E-state index in [1.54, 1.807) is 0 Å². The van der Waals surface area contributed by atoms with E-state index >= 15 is 0 Å². The molecule has 7 atom stereocenters. The van der Waals surface area contributed by atoms with Crippen LogP contribution in [0.1, 0.15) is 45.4 Å². The van der Waals surface area contributed by atoms with Crippen molar-refractivity contribution >= 4 is 0 Å². The van der Waals surface area contributed by atoms with Crippen molar-refractivity contribution in [2.24, 2.45) is 29.1 Å². The topological polar surface area (TPSA) is 40.5 Å². The quantitative estimate of drug-likeness (QED) is 0.667. The molecule has 2 saturated carbocycles. The van der Waals surface area contributed by atoms with Crippen LogP contribution in [-0.4, -0.2) is 22.4 Å². The molecule has 0 aliphatic heterocycles. The fraction of sp³-hybridized carbons (Fsp3) is 0.778. The highest BCUT2D eigenvalue weighted by atomic mass is 16.3. The Morgan fingerprint density at radius 2 is 1.95 bits per heavy atom. The van der Waals surface area contributed by atoms with E-state index in [-0.39, 0.29) is 17.6 Å². The highest BCUT2D eigenvalue weighted by Gasteiger charge is 2.55. The van der Waals surface area contributed by atoms with E-state index in [0.29, 0.717) is 11.8 Å². The van der Waals surface area contributed by atoms with Gasteiger partial charge in [0, 0.05) is 5.92 Å². The molecule has 2 fully saturated rings. The largest absolute Gasteiger partial charge is 0.393 e. The lowest BCUT2D eigenvalue weighted by Crippen LogP contribution is -2.46. The Labute approximate surface area is 121 Å². The fourth-order valence-electron chi connectivity index (χ4n) is 5.82. The van der Waals surface area contributed by atoms with Crippen LogP contribution in [0.2, 0.25) is 0 Å². The van der Waals surface area contributed by atoms with Gasteiger partial charge in [0.15, 0.2) is 0 Å². The lowest BCUT2D eigenvalue weighted by Gasteiger charge is -2.52. The Kier molecular flexibility index (Phi) is 2.91. The van der Waals surface area contributed by atoms with Gasteiger partial charge in [0.2, 0.25) is 0 Å². The summed E-state index contributed by atoms with van der Waals surface area (Å²) in [7, 11) is 0. The maximum Gasteiger partial charge on any atom is 0.0758 e. The van der Waals surface area contributed by atoms with E-state index in [4.69, 9.17) is 0 Å². The van der Waals surface area contributed by atoms with Crippen molar-refractivity contribution in [2.75, 3.05) is 0 Å². The standard InChI is InChI=1S/C18H26O2/c1-18-9-8-14-13-5-3-12(19)10-11(13)2-4-15(14)16(18)6-7-17(18)20/h2-3,5,12-17,19-20H,4,6-10H2,1H3/t12-,13-,14+,15+,16-,17-,18-/m0/s1. The number of allylic oxidation sites excluding steroid dienone is 2. The monoisotopic (exact) mass is 274 g/mol. The summed E-state index contributed by atoms with van der Waals surface area (Å²) in [6, 6.07) is 0. The van der Waals surface area contributed by atoms with Crippen molar-refractivity contribution < 1.29 is 10.2 Å². The van der Waals surface area contributed by atoms with Crippen LogP contribution in [0.3, 0.4) is 0 Å². The number of rotatable bonds is 0. The smallest absolute Gasteiger partial charge is 0.0758 e. The summed E-state index contributed by atoms with van der Waals surface area (Å²) < 4.78 is 0. The number of aliphatic hydroxyl groups excluding tert-OH is 2. The molecule has 0 aromatic rings. The van der Waals surface area contributed by atoms with Crippen LogP contribution in [0, 0.1) is 29.1 Å². The van der Waals surface area contributed by atoms with Crippen molar-refractivity contribution in [3.8, 4) is 0 Å². The van der Waals surface area contributed by atoms with Crippen molar-refractivity contribution in [1.82, 2.24) is 0 Å². The molecule has 4 aliphatic carbocycles. The first kappa shape index (κ1) is 13.1. The Balaban J connectivity index is 1.65. The van der Waals surface area contributed by atoms with Crippen LogP contribution in [0.25, 0.3) is 0 Å². The molecule has 0 aromatic carbocycles. The van der Waals surface area contributed by atoms with Gasteiger partial charge >= 0.3 is 0 Å². The minimum absolute atomic E-state index is 0.0810. The van der Waals surface area contributed by atoms with E-state index in [0.717, 1.165) is 24.7 Å². The second-order valence-corrected chi connectivity index (χ2v) is 7.77. The van der Waals surface area contributed by atoms with Crippen LogP contribution in [0.5, 0.6) is 0 Å². The molecule has 0 aromatic heterocycles. The molecule has 2 heteroatoms. The third-order valence-electron chi connectivity index (χ3n) is 6.97. The second kappa shape index (κ2) is 4.45. The SMILES string of the molecule is C[C@]12CC[C@H]3[C@@H](CC=C4C[C@@H](O)C=C[C@@H]43)[C@@H]1CC[C@@H]2O. The first-order chi connectivity index (χ1) is 9.59. The first-order valence-electron chi connectivity index (χ1n) is 8.33. The summed E-state index contributed by atoms with van der Waals surface area (Å²) >= 11 is 0. The molecule has 0 bridgehead atoms. The Morgan fingerprint density at radius 3 is 2.80 bits per heavy atom. The van der Waals surface area contributed by atoms with Gasteiger partial charge in [-0.25, -0.2) is 0 Å². The summed E-state index contributed by atoms with van der Waals surface area (Å²) in [5, 5.41) is 20.2. The lowest BCUT2D eigenvalue weighted by molar-refractivity contribution is -0.0416. The third kappa shape index (κ3) is 1.70. The van der Waals surface area contributed by atoms with Crippen molar-refractivity contribution in [2.45, 2.75) is 57.7 Å². The predicted octanol–water partition coefficient (Wildman–Crippen LogP) is 3.06. The minimum Gasteiger partial charge on any atom is -0.393 e. The van der Waals surface area contributed by atoms with E-state index in [2.05, 4.69) is 19.1 Å². The van der Waals surface area contributed by atoms with Gasteiger partial charge in [-0.2, -0.15) is 0 Å². The summed E-state index contributed by atoms with van der Waals surface area (Å²) in [5.74, 6) is 2.77. The summed E-state index contributed by atoms with van der Waals surface area (Å²) in [6.45, 7) is 2.32. The zero-order valence-corrected chi connectivity index (χ0v) is 12.3. The van der Waals surface area contributed by atoms with Gasteiger partial charge in [0.1, 0.15) is 0 Å². The number of hydrogen-bond acceptors (Lipinski definition) is 2. The molecule has 0 heterocycles. The van der Waals surface area contributed by atoms with Crippen molar-refractivity contribution in [3.05, 3.63) is 23.8 Å². The van der Waals surface area contributed by atoms with E-state index < -0.39 is 0 Å². The summed E-state index contributed by atoms with van der Waals surface area (Å²) in [5.41, 5.74) is 1.65. The molecular formula is C18H26O2. The van der Waals surface area contributed by atoms with Gasteiger partial charge in [-0.15, -0.1) is 0 Å². The van der Waals surface area contributed by atoms with Crippen LogP contribution in [0.15, 0.2) is 23.8 Å². The molecule has 0 saturated heterocycles. The fourth-order valence-corrected chi connectivity index (χ4v) is 5.82. The van der Waals surface area contributed by atoms with Crippen LogP contribution in [-0.2, 0) is 0 Å². The third-order valence-corrected chi connectivity index (χ3v) is 6.97. The number of hydrogen-bond donors (Lipinski definition) is 2. The molecule has 2 nitrogen and oxygen atoms in total. The molecule has 0 amide bonds. The molecule has 4 aliphatic rings. The zero-order chi connectivity index (χ0) is 13.9. The van der Waals surface area contributed by atoms with Gasteiger partial charge in [-0.3, -0.25) is 0 Å². The Morgan fingerprint density at radius 1 is 1.10 bits per heavy atom. The molecule has 0 spiro atoms. The highest BCUT2D eigenvalue weighted by Crippen LogP contribution is 2.60. The maximum absolute atomic E-state index is 10.4. The van der Waals surface area contributed by atoms with Crippen molar-refractivity contribution in [3.63, 3.8) is 0 Å². The summed E-state index contributed by atoms with van der Waals surface area (Å²) in [6.07, 6.45) is 13.0. The van der Waals surface area contributed by atoms with Gasteiger partial charge < -0.3 is 10.2 Å². The molecule has 2 N–H and O–H groups in total. The average molecular weight is 274 g/mol. The van der Waals surface area contributed by atoms with Gasteiger partial charge in [-0.1, -0.05) is 30.7 Å². The van der Waals surface area contributed by atoms with Crippen LogP contribution >= 0.6 is 0 Å². The minimum atomic E-state index is -0.267. The van der Waals surface area contributed by atoms with E-state index in [1.165, 1.54) is 31.3 Å². The lowest BCUT2D eigenvalue weighted by atomic mass is 9.53. The molecular weight excluding hydrogens is 248 g/mol. The van der Waals surface area contributed by atoms with Crippen molar-refractivity contribution in [1.29, 1.82) is 0 Å². The molecule has 4 rings (SSSR count). The van der Waals surface area contributed by atoms with E-state index in [9.17, 15) is 10.2 Å². The van der Waals surface area contributed by atoms with E-state index in [1.807, 2.05) is 6.08 Å². The molecule has 0 radical (unpaired) electrons. The highest BCUT2D eigenvalue weighted by molar-refractivity contribution is 5.27. The zero-order valence-electron chi connectivity index (χ0n) is 12.3. The Hall–Kier alpha value is -0.600. The van der Waals surface area contributed by atoms with Crippen LogP contribution < -0.4 is 0 Å². The number of aliphatic hydroxyl groups is 2.